The summed E-state index contributed by atoms with van der Waals surface area (Å²) in [6, 6.07) is 0. The quantitative estimate of drug-likeness (QED) is 0.541. The average molecular weight is 206 g/mol. The predicted molar refractivity (Wildman–Crippen MR) is 48.8 cm³/mol. The summed E-state index contributed by atoms with van der Waals surface area (Å²) in [6.45, 7) is 0.712. The number of aliphatic hydroxyl groups is 1. The van der Waals surface area contributed by atoms with Crippen LogP contribution in [0.1, 0.15) is 0 Å². The molecule has 0 fully saturated rings. The molecule has 0 heterocycles. The molecular formula is C6H17Cl2NO2. The van der Waals surface area contributed by atoms with Gasteiger partial charge in [-0.3, -0.25) is 0 Å². The molecule has 0 rings (SSSR count). The second kappa shape index (κ2) is 7.13. The van der Waals surface area contributed by atoms with Gasteiger partial charge >= 0.3 is 0 Å². The zero-order chi connectivity index (χ0) is 7.49. The van der Waals surface area contributed by atoms with Crippen molar-refractivity contribution in [2.45, 2.75) is 6.10 Å². The van der Waals surface area contributed by atoms with Crippen molar-refractivity contribution in [1.82, 2.24) is 0 Å². The van der Waals surface area contributed by atoms with Crippen LogP contribution in [0.5, 0.6) is 0 Å². The maximum absolute atomic E-state index is 9.05. The molecular weight excluding hydrogens is 189 g/mol. The summed E-state index contributed by atoms with van der Waals surface area (Å²) in [7, 11) is 6.07. The van der Waals surface area contributed by atoms with Gasteiger partial charge in [-0.05, 0) is 0 Å². The Hall–Kier alpha value is 0.460. The van der Waals surface area contributed by atoms with Crippen molar-refractivity contribution >= 4 is 24.0 Å². The van der Waals surface area contributed by atoms with Crippen molar-refractivity contribution in [2.24, 2.45) is 0 Å². The Bertz CT molecular complexity index is 85.1. The van der Waals surface area contributed by atoms with E-state index in [1.165, 1.54) is 0 Å². The first kappa shape index (κ1) is 17.5. The minimum Gasteiger partial charge on any atom is -0.870 e. The zero-order valence-electron chi connectivity index (χ0n) is 7.12. The SMILES string of the molecule is C[N+](C)(C)CC(O)CCl.Cl.[OH-]. The predicted octanol–water partition coefficient (Wildman–Crippen LogP) is 0.537. The number of alkyl halides is 1. The summed E-state index contributed by atoms with van der Waals surface area (Å²) in [5, 5.41) is 9.05. The van der Waals surface area contributed by atoms with Crippen molar-refractivity contribution < 1.29 is 15.1 Å². The monoisotopic (exact) mass is 205 g/mol. The van der Waals surface area contributed by atoms with Gasteiger partial charge in [0.25, 0.3) is 0 Å². The van der Waals surface area contributed by atoms with Gasteiger partial charge in [0, 0.05) is 0 Å². The van der Waals surface area contributed by atoms with Gasteiger partial charge in [0.05, 0.1) is 27.0 Å². The van der Waals surface area contributed by atoms with E-state index < -0.39 is 0 Å². The molecule has 2 N–H and O–H groups in total. The summed E-state index contributed by atoms with van der Waals surface area (Å²) >= 11 is 5.40. The lowest BCUT2D eigenvalue weighted by Crippen LogP contribution is -2.41. The van der Waals surface area contributed by atoms with E-state index in [2.05, 4.69) is 0 Å². The van der Waals surface area contributed by atoms with E-state index in [-0.39, 0.29) is 24.0 Å². The Morgan fingerprint density at radius 3 is 1.82 bits per heavy atom. The number of aliphatic hydroxyl groups excluding tert-OH is 1. The molecule has 0 saturated heterocycles. The van der Waals surface area contributed by atoms with Gasteiger partial charge in [-0.25, -0.2) is 0 Å². The number of rotatable bonds is 3. The highest BCUT2D eigenvalue weighted by Gasteiger charge is 2.13. The summed E-state index contributed by atoms with van der Waals surface area (Å²) < 4.78 is 0.758. The van der Waals surface area contributed by atoms with Crippen LogP contribution in [0.4, 0.5) is 0 Å². The molecule has 0 saturated carbocycles. The highest BCUT2D eigenvalue weighted by Crippen LogP contribution is 1.95. The molecule has 1 unspecified atom stereocenters. The lowest BCUT2D eigenvalue weighted by molar-refractivity contribution is -0.873. The summed E-state index contributed by atoms with van der Waals surface area (Å²) in [5.41, 5.74) is 0. The highest BCUT2D eigenvalue weighted by atomic mass is 35.5. The molecule has 0 aliphatic carbocycles. The molecule has 0 bridgehead atoms. The third kappa shape index (κ3) is 13.5. The van der Waals surface area contributed by atoms with Crippen molar-refractivity contribution in [2.75, 3.05) is 33.6 Å². The molecule has 3 nitrogen and oxygen atoms in total. The molecule has 0 aromatic rings. The number of hydrogen-bond acceptors (Lipinski definition) is 2. The molecule has 0 amide bonds. The first-order chi connectivity index (χ1) is 3.95. The van der Waals surface area contributed by atoms with Crippen LogP contribution in [0.3, 0.4) is 0 Å². The van der Waals surface area contributed by atoms with Crippen molar-refractivity contribution in [3.05, 3.63) is 0 Å². The number of quaternary nitrogens is 1. The number of hydrogen-bond donors (Lipinski definition) is 1. The van der Waals surface area contributed by atoms with Crippen LogP contribution in [0.15, 0.2) is 0 Å². The van der Waals surface area contributed by atoms with Gasteiger partial charge in [-0.1, -0.05) is 0 Å². The largest absolute Gasteiger partial charge is 0.870 e. The fourth-order valence-electron chi connectivity index (χ4n) is 0.681. The molecule has 1 atom stereocenters. The van der Waals surface area contributed by atoms with Crippen molar-refractivity contribution in [3.63, 3.8) is 0 Å². The van der Waals surface area contributed by atoms with E-state index in [0.29, 0.717) is 12.4 Å². The Balaban J connectivity index is -0.000000320. The Morgan fingerprint density at radius 1 is 1.36 bits per heavy atom. The second-order valence-electron chi connectivity index (χ2n) is 3.28. The van der Waals surface area contributed by atoms with Crippen LogP contribution in [-0.2, 0) is 0 Å². The normalized spacial score (nSPS) is 12.8. The standard InChI is InChI=1S/C6H15ClNO.ClH.H2O/c1-8(2,3)5-6(9)4-7;;/h6,9H,4-5H2,1-3H3;1H;1H2/q+1;;/p-1. The fourth-order valence-corrected chi connectivity index (χ4v) is 0.779. The third-order valence-corrected chi connectivity index (χ3v) is 1.29. The third-order valence-electron chi connectivity index (χ3n) is 0.937. The van der Waals surface area contributed by atoms with Gasteiger partial charge in [0.1, 0.15) is 12.6 Å². The van der Waals surface area contributed by atoms with Crippen LogP contribution in [0, 0.1) is 0 Å². The van der Waals surface area contributed by atoms with Gasteiger partial charge < -0.3 is 15.1 Å². The van der Waals surface area contributed by atoms with Crippen LogP contribution in [0.25, 0.3) is 0 Å². The molecule has 0 radical (unpaired) electrons. The van der Waals surface area contributed by atoms with Gasteiger partial charge in [-0.15, -0.1) is 24.0 Å². The first-order valence-corrected chi connectivity index (χ1v) is 3.53. The van der Waals surface area contributed by atoms with E-state index in [9.17, 15) is 0 Å². The molecule has 11 heavy (non-hydrogen) atoms. The van der Waals surface area contributed by atoms with E-state index in [0.717, 1.165) is 4.48 Å². The molecule has 72 valence electrons. The van der Waals surface area contributed by atoms with E-state index in [1.54, 1.807) is 0 Å². The molecule has 0 spiro atoms. The Labute approximate surface area is 79.3 Å². The maximum atomic E-state index is 9.05. The molecule has 0 aromatic carbocycles. The number of nitrogens with zero attached hydrogens (tertiary/aromatic N) is 1. The lowest BCUT2D eigenvalue weighted by Gasteiger charge is -2.25. The first-order valence-electron chi connectivity index (χ1n) is 3.00. The minimum atomic E-state index is -0.369. The smallest absolute Gasteiger partial charge is 0.116 e. The van der Waals surface area contributed by atoms with Gasteiger partial charge in [0.2, 0.25) is 0 Å². The van der Waals surface area contributed by atoms with E-state index in [4.69, 9.17) is 16.7 Å². The van der Waals surface area contributed by atoms with Crippen LogP contribution >= 0.6 is 24.0 Å². The lowest BCUT2D eigenvalue weighted by atomic mass is 10.3. The fraction of sp³-hybridized carbons (Fsp3) is 1.00. The minimum absolute atomic E-state index is 0. The van der Waals surface area contributed by atoms with Crippen LogP contribution in [-0.4, -0.2) is 54.7 Å². The molecule has 0 aliphatic rings. The van der Waals surface area contributed by atoms with Crippen molar-refractivity contribution in [1.29, 1.82) is 0 Å². The Morgan fingerprint density at radius 2 is 1.73 bits per heavy atom. The summed E-state index contributed by atoms with van der Waals surface area (Å²) in [6.07, 6.45) is -0.369. The maximum Gasteiger partial charge on any atom is 0.116 e. The second-order valence-corrected chi connectivity index (χ2v) is 3.59. The molecule has 5 heteroatoms. The van der Waals surface area contributed by atoms with Crippen LogP contribution < -0.4 is 0 Å². The number of halogens is 2. The summed E-state index contributed by atoms with van der Waals surface area (Å²) in [4.78, 5) is 0. The molecule has 0 aliphatic heterocycles. The average Bonchev–Trinajstić information content (AvgIpc) is 1.62. The van der Waals surface area contributed by atoms with Crippen LogP contribution in [0.2, 0.25) is 0 Å². The number of likely N-dealkylation sites (N-methyl/N-ethyl adjacent to an activating group) is 1. The molecule has 0 aromatic heterocycles. The van der Waals surface area contributed by atoms with E-state index >= 15 is 0 Å². The van der Waals surface area contributed by atoms with Crippen molar-refractivity contribution in [3.8, 4) is 0 Å². The zero-order valence-corrected chi connectivity index (χ0v) is 8.69. The highest BCUT2D eigenvalue weighted by molar-refractivity contribution is 6.18. The van der Waals surface area contributed by atoms with Gasteiger partial charge in [-0.2, -0.15) is 0 Å². The van der Waals surface area contributed by atoms with Gasteiger partial charge in [0.15, 0.2) is 0 Å². The summed E-state index contributed by atoms with van der Waals surface area (Å²) in [5.74, 6) is 0.329. The Kier molecular flexibility index (Phi) is 11.4. The van der Waals surface area contributed by atoms with E-state index in [1.807, 2.05) is 21.1 Å². The topological polar surface area (TPSA) is 50.2 Å².